The normalized spacial score (nSPS) is 10.1. The van der Waals surface area contributed by atoms with Crippen molar-refractivity contribution in [3.8, 4) is 11.8 Å². The number of aromatic amines is 1. The van der Waals surface area contributed by atoms with Crippen molar-refractivity contribution in [1.29, 1.82) is 5.26 Å². The highest BCUT2D eigenvalue weighted by atomic mass is 16.5. The minimum Gasteiger partial charge on any atom is -0.479 e. The van der Waals surface area contributed by atoms with Gasteiger partial charge in [-0.05, 0) is 30.3 Å². The Kier molecular flexibility index (Phi) is 4.25. The molecule has 24 heavy (non-hydrogen) atoms. The smallest absolute Gasteiger partial charge is 0.256 e. The molecular weight excluding hydrogens is 306 g/mol. The van der Waals surface area contributed by atoms with Crippen LogP contribution in [0.5, 0.6) is 5.75 Å². The van der Waals surface area contributed by atoms with Crippen LogP contribution in [0.3, 0.4) is 0 Å². The van der Waals surface area contributed by atoms with Crippen molar-refractivity contribution in [2.24, 2.45) is 0 Å². The van der Waals surface area contributed by atoms with Crippen LogP contribution >= 0.6 is 0 Å². The standard InChI is InChI=1S/C18H13N3O3/c19-9-10-24-13-7-5-12(6-8-13)20-18(23)15-11-17(22)21-16-4-2-1-3-14(15)16/h1-8,11H,10H2,(H,20,23)(H,21,22). The number of hydrogen-bond donors (Lipinski definition) is 2. The van der Waals surface area contributed by atoms with Gasteiger partial charge in [-0.25, -0.2) is 0 Å². The second-order valence-corrected chi connectivity index (χ2v) is 5.02. The molecule has 2 N–H and O–H groups in total. The predicted molar refractivity (Wildman–Crippen MR) is 90.1 cm³/mol. The summed E-state index contributed by atoms with van der Waals surface area (Å²) in [6, 6.07) is 16.9. The van der Waals surface area contributed by atoms with Crippen LogP contribution in [0.15, 0.2) is 59.4 Å². The molecule has 2 aromatic carbocycles. The van der Waals surface area contributed by atoms with Gasteiger partial charge in [-0.2, -0.15) is 5.26 Å². The minimum atomic E-state index is -0.372. The Hall–Kier alpha value is -3.59. The lowest BCUT2D eigenvalue weighted by molar-refractivity contribution is 0.102. The van der Waals surface area contributed by atoms with E-state index in [1.807, 2.05) is 6.07 Å². The van der Waals surface area contributed by atoms with Crippen molar-refractivity contribution in [3.05, 3.63) is 70.5 Å². The number of benzene rings is 2. The maximum Gasteiger partial charge on any atom is 0.256 e. The van der Waals surface area contributed by atoms with Crippen molar-refractivity contribution in [2.45, 2.75) is 0 Å². The molecule has 3 aromatic rings. The number of amides is 1. The third-order valence-electron chi connectivity index (χ3n) is 3.41. The zero-order chi connectivity index (χ0) is 16.9. The van der Waals surface area contributed by atoms with Crippen LogP contribution in [-0.2, 0) is 0 Å². The van der Waals surface area contributed by atoms with Gasteiger partial charge in [0.05, 0.1) is 5.56 Å². The van der Waals surface area contributed by atoms with Crippen molar-refractivity contribution in [3.63, 3.8) is 0 Å². The second kappa shape index (κ2) is 6.67. The summed E-state index contributed by atoms with van der Waals surface area (Å²) in [5.74, 6) is 0.166. The molecule has 1 heterocycles. The quantitative estimate of drug-likeness (QED) is 0.773. The summed E-state index contributed by atoms with van der Waals surface area (Å²) >= 11 is 0. The number of carbonyl (C=O) groups is 1. The van der Waals surface area contributed by atoms with Gasteiger partial charge in [-0.1, -0.05) is 18.2 Å². The van der Waals surface area contributed by atoms with Crippen molar-refractivity contribution in [2.75, 3.05) is 11.9 Å². The van der Waals surface area contributed by atoms with E-state index in [4.69, 9.17) is 10.00 Å². The predicted octanol–water partition coefficient (Wildman–Crippen LogP) is 2.68. The summed E-state index contributed by atoms with van der Waals surface area (Å²) < 4.78 is 5.15. The molecule has 0 atom stereocenters. The molecule has 0 bridgehead atoms. The fraction of sp³-hybridized carbons (Fsp3) is 0.0556. The Labute approximate surface area is 137 Å². The van der Waals surface area contributed by atoms with Crippen LogP contribution in [0.2, 0.25) is 0 Å². The zero-order valence-corrected chi connectivity index (χ0v) is 12.6. The van der Waals surface area contributed by atoms with Gasteiger partial charge >= 0.3 is 0 Å². The first-order chi connectivity index (χ1) is 11.7. The Bertz CT molecular complexity index is 985. The number of aromatic nitrogens is 1. The number of nitrogens with zero attached hydrogens (tertiary/aromatic N) is 1. The number of pyridine rings is 1. The van der Waals surface area contributed by atoms with Crippen molar-refractivity contribution >= 4 is 22.5 Å². The van der Waals surface area contributed by atoms with Gasteiger partial charge in [0.15, 0.2) is 6.61 Å². The Morgan fingerprint density at radius 3 is 2.67 bits per heavy atom. The zero-order valence-electron chi connectivity index (χ0n) is 12.6. The fourth-order valence-electron chi connectivity index (χ4n) is 2.34. The van der Waals surface area contributed by atoms with Crippen molar-refractivity contribution in [1.82, 2.24) is 4.98 Å². The highest BCUT2D eigenvalue weighted by molar-refractivity contribution is 6.12. The number of carbonyl (C=O) groups excluding carboxylic acids is 1. The molecule has 0 unspecified atom stereocenters. The Morgan fingerprint density at radius 1 is 1.17 bits per heavy atom. The molecule has 0 saturated heterocycles. The van der Waals surface area contributed by atoms with Gasteiger partial charge < -0.3 is 15.0 Å². The van der Waals surface area contributed by atoms with E-state index in [2.05, 4.69) is 10.3 Å². The monoisotopic (exact) mass is 319 g/mol. The summed E-state index contributed by atoms with van der Waals surface area (Å²) in [5.41, 5.74) is 1.14. The van der Waals surface area contributed by atoms with E-state index in [-0.39, 0.29) is 18.1 Å². The molecule has 0 fully saturated rings. The number of para-hydroxylation sites is 1. The molecule has 0 spiro atoms. The lowest BCUT2D eigenvalue weighted by Crippen LogP contribution is -2.16. The summed E-state index contributed by atoms with van der Waals surface area (Å²) in [7, 11) is 0. The molecule has 1 aromatic heterocycles. The number of fused-ring (bicyclic) bond motifs is 1. The minimum absolute atomic E-state index is 0.0372. The fourth-order valence-corrected chi connectivity index (χ4v) is 2.34. The highest BCUT2D eigenvalue weighted by Crippen LogP contribution is 2.19. The SMILES string of the molecule is N#CCOc1ccc(NC(=O)c2cc(=O)[nH]c3ccccc23)cc1. The summed E-state index contributed by atoms with van der Waals surface area (Å²) in [6.07, 6.45) is 0. The summed E-state index contributed by atoms with van der Waals surface area (Å²) in [4.78, 5) is 26.9. The number of anilines is 1. The van der Waals surface area contributed by atoms with E-state index in [0.29, 0.717) is 27.9 Å². The van der Waals surface area contributed by atoms with E-state index in [1.165, 1.54) is 6.07 Å². The Morgan fingerprint density at radius 2 is 1.92 bits per heavy atom. The topological polar surface area (TPSA) is 95.0 Å². The maximum absolute atomic E-state index is 12.5. The molecule has 1 amide bonds. The van der Waals surface area contributed by atoms with Gasteiger partial charge in [0, 0.05) is 22.7 Å². The number of nitrogens with one attached hydrogen (secondary N) is 2. The number of H-pyrrole nitrogens is 1. The first kappa shape index (κ1) is 15.3. The number of nitriles is 1. The molecule has 0 aliphatic rings. The highest BCUT2D eigenvalue weighted by Gasteiger charge is 2.12. The first-order valence-corrected chi connectivity index (χ1v) is 7.20. The second-order valence-electron chi connectivity index (χ2n) is 5.02. The number of hydrogen-bond acceptors (Lipinski definition) is 4. The van der Waals surface area contributed by atoms with Crippen LogP contribution in [-0.4, -0.2) is 17.5 Å². The van der Waals surface area contributed by atoms with Crippen LogP contribution < -0.4 is 15.6 Å². The van der Waals surface area contributed by atoms with Crippen molar-refractivity contribution < 1.29 is 9.53 Å². The molecule has 0 radical (unpaired) electrons. The summed E-state index contributed by atoms with van der Waals surface area (Å²) in [6.45, 7) is -0.0372. The number of rotatable bonds is 4. The Balaban J connectivity index is 1.85. The van der Waals surface area contributed by atoms with Crippen LogP contribution in [0.25, 0.3) is 10.9 Å². The molecule has 3 rings (SSSR count). The van der Waals surface area contributed by atoms with Crippen LogP contribution in [0.4, 0.5) is 5.69 Å². The summed E-state index contributed by atoms with van der Waals surface area (Å²) in [5, 5.41) is 11.9. The third kappa shape index (κ3) is 3.25. The molecule has 118 valence electrons. The van der Waals surface area contributed by atoms with Gasteiger partial charge in [0.25, 0.3) is 5.91 Å². The average molecular weight is 319 g/mol. The lowest BCUT2D eigenvalue weighted by Gasteiger charge is -2.08. The molecular formula is C18H13N3O3. The van der Waals surface area contributed by atoms with Gasteiger partial charge in [0.1, 0.15) is 11.8 Å². The molecule has 6 nitrogen and oxygen atoms in total. The van der Waals surface area contributed by atoms with E-state index >= 15 is 0 Å². The lowest BCUT2D eigenvalue weighted by atomic mass is 10.1. The van der Waals surface area contributed by atoms with E-state index in [9.17, 15) is 9.59 Å². The van der Waals surface area contributed by atoms with E-state index in [0.717, 1.165) is 0 Å². The largest absolute Gasteiger partial charge is 0.479 e. The molecule has 6 heteroatoms. The molecule has 0 aliphatic heterocycles. The molecule has 0 aliphatic carbocycles. The first-order valence-electron chi connectivity index (χ1n) is 7.20. The molecule has 0 saturated carbocycles. The van der Waals surface area contributed by atoms with Gasteiger partial charge in [0.2, 0.25) is 5.56 Å². The maximum atomic E-state index is 12.5. The van der Waals surface area contributed by atoms with E-state index in [1.54, 1.807) is 48.5 Å². The van der Waals surface area contributed by atoms with Crippen LogP contribution in [0, 0.1) is 11.3 Å². The number of ether oxygens (including phenoxy) is 1. The third-order valence-corrected chi connectivity index (χ3v) is 3.41. The van der Waals surface area contributed by atoms with Crippen LogP contribution in [0.1, 0.15) is 10.4 Å². The van der Waals surface area contributed by atoms with E-state index < -0.39 is 0 Å². The van der Waals surface area contributed by atoms with Gasteiger partial charge in [-0.15, -0.1) is 0 Å². The van der Waals surface area contributed by atoms with Gasteiger partial charge in [-0.3, -0.25) is 9.59 Å². The average Bonchev–Trinajstić information content (AvgIpc) is 2.60.